The molecular weight excluding hydrogens is 286 g/mol. The fraction of sp³-hybridized carbons (Fsp3) is 0.200. The number of esters is 2. The normalized spacial score (nSPS) is 10.9. The van der Waals surface area contributed by atoms with Gasteiger partial charge in [0.05, 0.1) is 19.3 Å². The van der Waals surface area contributed by atoms with Crippen LogP contribution >= 0.6 is 0 Å². The number of hydrogen-bond acceptors (Lipinski definition) is 5. The van der Waals surface area contributed by atoms with Crippen molar-refractivity contribution in [3.63, 3.8) is 0 Å². The second-order valence-electron chi connectivity index (χ2n) is 3.92. The zero-order valence-electron chi connectivity index (χ0n) is 12.2. The smallest absolute Gasteiger partial charge is 0.338 e. The summed E-state index contributed by atoms with van der Waals surface area (Å²) in [6.45, 7) is 1.93. The van der Waals surface area contributed by atoms with Crippen molar-refractivity contribution in [2.75, 3.05) is 13.7 Å². The third kappa shape index (κ3) is 5.15. The molecule has 0 heterocycles. The van der Waals surface area contributed by atoms with E-state index in [-0.39, 0.29) is 12.2 Å². The predicted octanol–water partition coefficient (Wildman–Crippen LogP) is 3.30. The summed E-state index contributed by atoms with van der Waals surface area (Å²) < 4.78 is 9.45. The number of methoxy groups -OCH3 is 1. The van der Waals surface area contributed by atoms with E-state index >= 15 is 0 Å². The molecule has 114 valence electrons. The molecule has 0 aliphatic rings. The zero-order chi connectivity index (χ0) is 16.4. The number of rotatable bonds is 6. The summed E-state index contributed by atoms with van der Waals surface area (Å²) >= 11 is 0. The molecule has 0 atom stereocenters. The van der Waals surface area contributed by atoms with Gasteiger partial charge in [0.25, 0.3) is 0 Å². The van der Waals surface area contributed by atoms with Crippen LogP contribution in [0.2, 0.25) is 0 Å². The molecule has 0 aliphatic carbocycles. The van der Waals surface area contributed by atoms with Crippen LogP contribution in [0.25, 0.3) is 16.0 Å². The van der Waals surface area contributed by atoms with E-state index in [2.05, 4.69) is 14.8 Å². The highest BCUT2D eigenvalue weighted by molar-refractivity contribution is 6.17. The summed E-state index contributed by atoms with van der Waals surface area (Å²) in [5, 5.41) is 3.45. The lowest BCUT2D eigenvalue weighted by molar-refractivity contribution is -0.136. The lowest BCUT2D eigenvalue weighted by Crippen LogP contribution is -2.06. The first kappa shape index (κ1) is 17.0. The number of azide groups is 1. The summed E-state index contributed by atoms with van der Waals surface area (Å²) in [7, 11) is 1.26. The summed E-state index contributed by atoms with van der Waals surface area (Å²) in [6.07, 6.45) is 4.05. The topological polar surface area (TPSA) is 101 Å². The first-order valence-electron chi connectivity index (χ1n) is 6.41. The van der Waals surface area contributed by atoms with Gasteiger partial charge in [0.1, 0.15) is 0 Å². The monoisotopic (exact) mass is 301 g/mol. The number of allylic oxidation sites excluding steroid dienone is 2. The lowest BCUT2D eigenvalue weighted by atomic mass is 10.1. The fourth-order valence-corrected chi connectivity index (χ4v) is 1.54. The molecule has 22 heavy (non-hydrogen) atoms. The quantitative estimate of drug-likeness (QED) is 0.201. The Bertz CT molecular complexity index is 641. The van der Waals surface area contributed by atoms with E-state index in [0.717, 1.165) is 0 Å². The molecule has 0 fully saturated rings. The molecule has 0 radical (unpaired) electrons. The molecule has 1 aromatic rings. The Morgan fingerprint density at radius 3 is 2.55 bits per heavy atom. The SMILES string of the molecule is CCOC(=O)/C(=C/C=C\C(=O)OC)c1ccc(N=[N+]=[N-])cc1. The van der Waals surface area contributed by atoms with E-state index in [9.17, 15) is 9.59 Å². The largest absolute Gasteiger partial charge is 0.466 e. The van der Waals surface area contributed by atoms with Gasteiger partial charge in [-0.2, -0.15) is 0 Å². The van der Waals surface area contributed by atoms with Crippen molar-refractivity contribution in [3.8, 4) is 0 Å². The van der Waals surface area contributed by atoms with Crippen LogP contribution in [-0.2, 0) is 19.1 Å². The molecular formula is C15H15N3O4. The fourth-order valence-electron chi connectivity index (χ4n) is 1.54. The van der Waals surface area contributed by atoms with E-state index < -0.39 is 11.9 Å². The summed E-state index contributed by atoms with van der Waals surface area (Å²) in [5.74, 6) is -1.05. The molecule has 0 aromatic heterocycles. The predicted molar refractivity (Wildman–Crippen MR) is 81.0 cm³/mol. The van der Waals surface area contributed by atoms with E-state index in [1.165, 1.54) is 25.3 Å². The second-order valence-corrected chi connectivity index (χ2v) is 3.92. The molecule has 0 bridgehead atoms. The van der Waals surface area contributed by atoms with E-state index in [0.29, 0.717) is 11.3 Å². The molecule has 0 saturated heterocycles. The Morgan fingerprint density at radius 2 is 2.00 bits per heavy atom. The van der Waals surface area contributed by atoms with Crippen molar-refractivity contribution in [1.82, 2.24) is 0 Å². The van der Waals surface area contributed by atoms with Gasteiger partial charge in [0.2, 0.25) is 0 Å². The molecule has 7 heteroatoms. The van der Waals surface area contributed by atoms with Crippen molar-refractivity contribution in [2.24, 2.45) is 5.11 Å². The Morgan fingerprint density at radius 1 is 1.32 bits per heavy atom. The summed E-state index contributed by atoms with van der Waals surface area (Å²) in [5.41, 5.74) is 9.64. The molecule has 0 spiro atoms. The molecule has 0 amide bonds. The minimum atomic E-state index is -0.529. The van der Waals surface area contributed by atoms with Gasteiger partial charge in [-0.05, 0) is 24.1 Å². The molecule has 7 nitrogen and oxygen atoms in total. The van der Waals surface area contributed by atoms with Crippen molar-refractivity contribution in [3.05, 3.63) is 58.5 Å². The molecule has 0 unspecified atom stereocenters. The Balaban J connectivity index is 3.11. The highest BCUT2D eigenvalue weighted by Gasteiger charge is 2.12. The van der Waals surface area contributed by atoms with Gasteiger partial charge in [-0.3, -0.25) is 0 Å². The standard InChI is InChI=1S/C15H15N3O4/c1-3-22-15(20)13(5-4-6-14(19)21-2)11-7-9-12(10-8-11)17-18-16/h4-10H,3H2,1-2H3/b6-4-,13-5+. The van der Waals surface area contributed by atoms with Crippen molar-refractivity contribution < 1.29 is 19.1 Å². The summed E-state index contributed by atoms with van der Waals surface area (Å²) in [4.78, 5) is 25.7. The average Bonchev–Trinajstić information content (AvgIpc) is 2.53. The van der Waals surface area contributed by atoms with Crippen LogP contribution in [0.5, 0.6) is 0 Å². The van der Waals surface area contributed by atoms with Gasteiger partial charge in [-0.1, -0.05) is 35.5 Å². The number of ether oxygens (including phenoxy) is 2. The maximum absolute atomic E-state index is 12.0. The number of hydrogen-bond donors (Lipinski definition) is 0. The van der Waals surface area contributed by atoms with Crippen LogP contribution in [-0.4, -0.2) is 25.7 Å². The van der Waals surface area contributed by atoms with E-state index in [1.54, 1.807) is 31.2 Å². The Kier molecular flexibility index (Phi) is 6.95. The molecule has 0 saturated carbocycles. The minimum Gasteiger partial charge on any atom is -0.466 e. The van der Waals surface area contributed by atoms with Crippen LogP contribution in [0.4, 0.5) is 5.69 Å². The van der Waals surface area contributed by atoms with Crippen molar-refractivity contribution in [1.29, 1.82) is 0 Å². The van der Waals surface area contributed by atoms with Crippen molar-refractivity contribution >= 4 is 23.2 Å². The summed E-state index contributed by atoms with van der Waals surface area (Å²) in [6, 6.07) is 6.40. The number of carbonyl (C=O) groups excluding carboxylic acids is 2. The van der Waals surface area contributed by atoms with Crippen LogP contribution in [0.1, 0.15) is 12.5 Å². The Hall–Kier alpha value is -3.05. The van der Waals surface area contributed by atoms with Crippen LogP contribution in [0.3, 0.4) is 0 Å². The van der Waals surface area contributed by atoms with E-state index in [4.69, 9.17) is 10.3 Å². The Labute approximate surface area is 127 Å². The van der Waals surface area contributed by atoms with Gasteiger partial charge < -0.3 is 9.47 Å². The van der Waals surface area contributed by atoms with Crippen LogP contribution in [0, 0.1) is 0 Å². The average molecular weight is 301 g/mol. The number of benzene rings is 1. The minimum absolute atomic E-state index is 0.230. The van der Waals surface area contributed by atoms with Crippen molar-refractivity contribution in [2.45, 2.75) is 6.92 Å². The van der Waals surface area contributed by atoms with Gasteiger partial charge in [0, 0.05) is 16.7 Å². The van der Waals surface area contributed by atoms with E-state index in [1.807, 2.05) is 0 Å². The van der Waals surface area contributed by atoms with Gasteiger partial charge in [-0.15, -0.1) is 0 Å². The highest BCUT2D eigenvalue weighted by Crippen LogP contribution is 2.20. The number of nitrogens with zero attached hydrogens (tertiary/aromatic N) is 3. The maximum atomic E-state index is 12.0. The third-order valence-electron chi connectivity index (χ3n) is 2.53. The maximum Gasteiger partial charge on any atom is 0.338 e. The first-order valence-corrected chi connectivity index (χ1v) is 6.41. The zero-order valence-corrected chi connectivity index (χ0v) is 12.2. The molecule has 0 N–H and O–H groups in total. The second kappa shape index (κ2) is 8.99. The molecule has 1 rings (SSSR count). The number of carbonyl (C=O) groups is 2. The van der Waals surface area contributed by atoms with Gasteiger partial charge in [0.15, 0.2) is 0 Å². The first-order chi connectivity index (χ1) is 10.6. The van der Waals surface area contributed by atoms with Crippen LogP contribution in [0.15, 0.2) is 47.6 Å². The highest BCUT2D eigenvalue weighted by atomic mass is 16.5. The lowest BCUT2D eigenvalue weighted by Gasteiger charge is -2.06. The van der Waals surface area contributed by atoms with Gasteiger partial charge in [-0.25, -0.2) is 9.59 Å². The molecule has 1 aromatic carbocycles. The van der Waals surface area contributed by atoms with Gasteiger partial charge >= 0.3 is 11.9 Å². The third-order valence-corrected chi connectivity index (χ3v) is 2.53. The van der Waals surface area contributed by atoms with Crippen LogP contribution < -0.4 is 0 Å². The molecule has 0 aliphatic heterocycles.